The fourth-order valence-corrected chi connectivity index (χ4v) is 3.48. The van der Waals surface area contributed by atoms with Gasteiger partial charge in [-0.25, -0.2) is 0 Å². The van der Waals surface area contributed by atoms with Crippen LogP contribution in [0.5, 0.6) is 11.5 Å². The predicted molar refractivity (Wildman–Crippen MR) is 104 cm³/mol. The van der Waals surface area contributed by atoms with Crippen LogP contribution >= 0.6 is 0 Å². The van der Waals surface area contributed by atoms with Crippen LogP contribution in [0.1, 0.15) is 31.4 Å². The highest BCUT2D eigenvalue weighted by molar-refractivity contribution is 5.41. The third-order valence-corrected chi connectivity index (χ3v) is 4.94. The van der Waals surface area contributed by atoms with Crippen LogP contribution in [0, 0.1) is 6.92 Å². The lowest BCUT2D eigenvalue weighted by Crippen LogP contribution is -2.20. The Kier molecular flexibility index (Phi) is 6.34. The number of hydrogen-bond donors (Lipinski definition) is 0. The number of likely N-dealkylation sites (tertiary alicyclic amines) is 1. The van der Waals surface area contributed by atoms with E-state index in [4.69, 9.17) is 9.47 Å². The van der Waals surface area contributed by atoms with Crippen molar-refractivity contribution in [2.24, 2.45) is 0 Å². The van der Waals surface area contributed by atoms with E-state index in [1.165, 1.54) is 52.1 Å². The molecule has 0 radical (unpaired) electrons. The molecule has 3 rings (SSSR count). The van der Waals surface area contributed by atoms with Gasteiger partial charge in [-0.3, -0.25) is 4.79 Å². The molecule has 0 aliphatic carbocycles. The fourth-order valence-electron chi connectivity index (χ4n) is 3.48. The number of unbranched alkanes of at least 4 members (excludes halogenated alkanes) is 1. The maximum absolute atomic E-state index is 11.8. The molecule has 1 aromatic heterocycles. The number of methoxy groups -OCH3 is 1. The van der Waals surface area contributed by atoms with E-state index in [0.717, 1.165) is 30.2 Å². The van der Waals surface area contributed by atoms with Crippen LogP contribution in [-0.4, -0.2) is 42.8 Å². The molecule has 140 valence electrons. The number of aromatic nitrogens is 1. The topological polar surface area (TPSA) is 43.7 Å². The first-order valence-corrected chi connectivity index (χ1v) is 9.41. The molecule has 0 amide bonds. The first-order chi connectivity index (χ1) is 12.7. The highest BCUT2D eigenvalue weighted by Crippen LogP contribution is 2.20. The van der Waals surface area contributed by atoms with Crippen molar-refractivity contribution in [3.63, 3.8) is 0 Å². The zero-order valence-corrected chi connectivity index (χ0v) is 15.7. The van der Waals surface area contributed by atoms with Gasteiger partial charge in [-0.1, -0.05) is 0 Å². The second-order valence-electron chi connectivity index (χ2n) is 6.77. The van der Waals surface area contributed by atoms with Crippen LogP contribution in [0.3, 0.4) is 0 Å². The van der Waals surface area contributed by atoms with Gasteiger partial charge in [-0.2, -0.15) is 0 Å². The SMILES string of the molecule is COc1c(C)n(-c2ccc(OCCCCN3CCCC3)cc2)ccc1=O. The van der Waals surface area contributed by atoms with E-state index in [1.807, 2.05) is 35.8 Å². The Labute approximate surface area is 155 Å². The lowest BCUT2D eigenvalue weighted by molar-refractivity contribution is 0.279. The lowest BCUT2D eigenvalue weighted by atomic mass is 10.2. The zero-order chi connectivity index (χ0) is 18.4. The van der Waals surface area contributed by atoms with Gasteiger partial charge in [0.25, 0.3) is 0 Å². The van der Waals surface area contributed by atoms with Gasteiger partial charge < -0.3 is 18.9 Å². The molecule has 5 nitrogen and oxygen atoms in total. The third-order valence-electron chi connectivity index (χ3n) is 4.94. The van der Waals surface area contributed by atoms with Gasteiger partial charge >= 0.3 is 0 Å². The summed E-state index contributed by atoms with van der Waals surface area (Å²) in [4.78, 5) is 14.3. The molecule has 2 aromatic rings. The van der Waals surface area contributed by atoms with E-state index in [-0.39, 0.29) is 5.43 Å². The minimum absolute atomic E-state index is 0.102. The molecule has 2 heterocycles. The molecule has 1 aliphatic rings. The van der Waals surface area contributed by atoms with Crippen molar-refractivity contribution in [1.82, 2.24) is 9.47 Å². The van der Waals surface area contributed by atoms with E-state index < -0.39 is 0 Å². The average Bonchev–Trinajstić information content (AvgIpc) is 3.16. The summed E-state index contributed by atoms with van der Waals surface area (Å²) < 4.78 is 13.0. The first-order valence-electron chi connectivity index (χ1n) is 9.41. The van der Waals surface area contributed by atoms with Crippen LogP contribution in [0.15, 0.2) is 41.3 Å². The molecule has 1 aromatic carbocycles. The molecule has 1 fully saturated rings. The predicted octanol–water partition coefficient (Wildman–Crippen LogP) is 3.41. The average molecular weight is 356 g/mol. The van der Waals surface area contributed by atoms with Gasteiger partial charge in [0.2, 0.25) is 5.43 Å². The number of hydrogen-bond acceptors (Lipinski definition) is 4. The molecular formula is C21H28N2O3. The highest BCUT2D eigenvalue weighted by atomic mass is 16.5. The Morgan fingerprint density at radius 2 is 1.77 bits per heavy atom. The molecular weight excluding hydrogens is 328 g/mol. The fraction of sp³-hybridized carbons (Fsp3) is 0.476. The first kappa shape index (κ1) is 18.5. The number of pyridine rings is 1. The van der Waals surface area contributed by atoms with E-state index in [2.05, 4.69) is 4.90 Å². The molecule has 1 saturated heterocycles. The molecule has 0 unspecified atom stereocenters. The van der Waals surface area contributed by atoms with Crippen LogP contribution in [0.4, 0.5) is 0 Å². The molecule has 0 saturated carbocycles. The number of benzene rings is 1. The summed E-state index contributed by atoms with van der Waals surface area (Å²) in [5.74, 6) is 1.26. The van der Waals surface area contributed by atoms with E-state index in [1.54, 1.807) is 6.20 Å². The molecule has 0 spiro atoms. The standard InChI is InChI=1S/C21H28N2O3/c1-17-21(25-2)20(24)11-15-23(17)18-7-9-19(10-8-18)26-16-6-5-14-22-12-3-4-13-22/h7-11,15H,3-6,12-14,16H2,1-2H3. The maximum atomic E-state index is 11.8. The van der Waals surface area contributed by atoms with Gasteiger partial charge in [-0.05, 0) is 76.5 Å². The van der Waals surface area contributed by atoms with Crippen molar-refractivity contribution < 1.29 is 9.47 Å². The van der Waals surface area contributed by atoms with Crippen molar-refractivity contribution in [3.8, 4) is 17.2 Å². The molecule has 0 N–H and O–H groups in total. The number of nitrogens with zero attached hydrogens (tertiary/aromatic N) is 2. The Morgan fingerprint density at radius 3 is 2.46 bits per heavy atom. The Balaban J connectivity index is 1.53. The quantitative estimate of drug-likeness (QED) is 0.680. The van der Waals surface area contributed by atoms with Gasteiger partial charge in [0, 0.05) is 18.0 Å². The summed E-state index contributed by atoms with van der Waals surface area (Å²) in [6.07, 6.45) is 6.74. The molecule has 0 atom stereocenters. The monoisotopic (exact) mass is 356 g/mol. The zero-order valence-electron chi connectivity index (χ0n) is 15.7. The Bertz CT molecular complexity index is 762. The Morgan fingerprint density at radius 1 is 1.04 bits per heavy atom. The van der Waals surface area contributed by atoms with Gasteiger partial charge in [0.05, 0.1) is 19.4 Å². The normalized spacial score (nSPS) is 14.5. The second-order valence-corrected chi connectivity index (χ2v) is 6.77. The Hall–Kier alpha value is -2.27. The van der Waals surface area contributed by atoms with Crippen LogP contribution in [0.2, 0.25) is 0 Å². The van der Waals surface area contributed by atoms with Crippen LogP contribution < -0.4 is 14.9 Å². The summed E-state index contributed by atoms with van der Waals surface area (Å²) in [6.45, 7) is 6.34. The maximum Gasteiger partial charge on any atom is 0.223 e. The summed E-state index contributed by atoms with van der Waals surface area (Å²) in [5, 5.41) is 0. The van der Waals surface area contributed by atoms with Crippen molar-refractivity contribution >= 4 is 0 Å². The van der Waals surface area contributed by atoms with Gasteiger partial charge in [-0.15, -0.1) is 0 Å². The van der Waals surface area contributed by atoms with Crippen molar-refractivity contribution in [2.75, 3.05) is 33.4 Å². The van der Waals surface area contributed by atoms with E-state index in [9.17, 15) is 4.79 Å². The minimum Gasteiger partial charge on any atom is -0.494 e. The largest absolute Gasteiger partial charge is 0.494 e. The highest BCUT2D eigenvalue weighted by Gasteiger charge is 2.10. The van der Waals surface area contributed by atoms with Crippen LogP contribution in [-0.2, 0) is 0 Å². The molecule has 5 heteroatoms. The summed E-state index contributed by atoms with van der Waals surface area (Å²) >= 11 is 0. The molecule has 0 bridgehead atoms. The van der Waals surface area contributed by atoms with Crippen molar-refractivity contribution in [3.05, 3.63) is 52.4 Å². The number of ether oxygens (including phenoxy) is 2. The summed E-state index contributed by atoms with van der Waals surface area (Å²) in [7, 11) is 1.52. The van der Waals surface area contributed by atoms with Gasteiger partial charge in [0.15, 0.2) is 5.75 Å². The summed E-state index contributed by atoms with van der Waals surface area (Å²) in [6, 6.07) is 9.46. The second kappa shape index (κ2) is 8.90. The molecule has 1 aliphatic heterocycles. The van der Waals surface area contributed by atoms with Crippen molar-refractivity contribution in [2.45, 2.75) is 32.6 Å². The lowest BCUT2D eigenvalue weighted by Gasteiger charge is -2.15. The van der Waals surface area contributed by atoms with Crippen LogP contribution in [0.25, 0.3) is 5.69 Å². The van der Waals surface area contributed by atoms with Gasteiger partial charge in [0.1, 0.15) is 5.75 Å². The van der Waals surface area contributed by atoms with E-state index in [0.29, 0.717) is 5.75 Å². The van der Waals surface area contributed by atoms with E-state index >= 15 is 0 Å². The van der Waals surface area contributed by atoms with Crippen molar-refractivity contribution in [1.29, 1.82) is 0 Å². The minimum atomic E-state index is -0.102. The molecule has 26 heavy (non-hydrogen) atoms. The smallest absolute Gasteiger partial charge is 0.223 e. The third kappa shape index (κ3) is 4.47. The number of rotatable bonds is 8. The summed E-state index contributed by atoms with van der Waals surface area (Å²) in [5.41, 5.74) is 1.66.